The first-order valence-electron chi connectivity index (χ1n) is 5.71. The van der Waals surface area contributed by atoms with Crippen molar-refractivity contribution in [1.82, 2.24) is 4.90 Å². The molecule has 0 aliphatic carbocycles. The number of hydrogen-bond donors (Lipinski definition) is 1. The molecule has 0 aromatic rings. The summed E-state index contributed by atoms with van der Waals surface area (Å²) in [5.41, 5.74) is 5.73. The van der Waals surface area contributed by atoms with E-state index in [1.54, 1.807) is 7.11 Å². The van der Waals surface area contributed by atoms with Crippen LogP contribution in [0.25, 0.3) is 0 Å². The molecule has 16 heavy (non-hydrogen) atoms. The van der Waals surface area contributed by atoms with E-state index in [1.807, 2.05) is 18.7 Å². The second kappa shape index (κ2) is 6.18. The number of amides is 1. The highest BCUT2D eigenvalue weighted by atomic mass is 16.5. The second-order valence-corrected chi connectivity index (χ2v) is 4.38. The molecule has 0 aromatic carbocycles. The summed E-state index contributed by atoms with van der Waals surface area (Å²) in [6.07, 6.45) is -0.0111. The Labute approximate surface area is 96.9 Å². The summed E-state index contributed by atoms with van der Waals surface area (Å²) in [6, 6.07) is -0.115. The summed E-state index contributed by atoms with van der Waals surface area (Å²) in [7, 11) is 1.63. The van der Waals surface area contributed by atoms with Crippen molar-refractivity contribution in [3.8, 4) is 0 Å². The van der Waals surface area contributed by atoms with Gasteiger partial charge in [0.15, 0.2) is 0 Å². The minimum Gasteiger partial charge on any atom is -0.382 e. The molecule has 3 unspecified atom stereocenters. The highest BCUT2D eigenvalue weighted by Gasteiger charge is 2.28. The van der Waals surface area contributed by atoms with E-state index in [4.69, 9.17) is 15.2 Å². The molecular weight excluding hydrogens is 208 g/mol. The first-order valence-corrected chi connectivity index (χ1v) is 5.71. The lowest BCUT2D eigenvalue weighted by Gasteiger charge is -2.34. The maximum Gasteiger partial charge on any atom is 0.227 e. The summed E-state index contributed by atoms with van der Waals surface area (Å²) < 4.78 is 10.5. The molecule has 1 saturated heterocycles. The molecule has 0 saturated carbocycles. The number of methoxy groups -OCH3 is 1. The monoisotopic (exact) mass is 230 g/mol. The fourth-order valence-corrected chi connectivity index (χ4v) is 1.72. The summed E-state index contributed by atoms with van der Waals surface area (Å²) >= 11 is 0. The zero-order chi connectivity index (χ0) is 12.1. The van der Waals surface area contributed by atoms with Crippen molar-refractivity contribution < 1.29 is 14.3 Å². The normalized spacial score (nSPS) is 25.2. The van der Waals surface area contributed by atoms with Crippen molar-refractivity contribution in [3.63, 3.8) is 0 Å². The molecule has 1 aliphatic rings. The van der Waals surface area contributed by atoms with Crippen LogP contribution in [0.4, 0.5) is 0 Å². The molecule has 0 aromatic heterocycles. The van der Waals surface area contributed by atoms with Crippen LogP contribution in [-0.4, -0.2) is 56.4 Å². The lowest BCUT2D eigenvalue weighted by atomic mass is 10.0. The van der Waals surface area contributed by atoms with Crippen LogP contribution in [0.15, 0.2) is 0 Å². The Balaban J connectivity index is 2.49. The van der Waals surface area contributed by atoms with E-state index in [9.17, 15) is 4.79 Å². The smallest absolute Gasteiger partial charge is 0.227 e. The number of rotatable bonds is 4. The standard InChI is InChI=1S/C11H22N2O3/c1-8(9(2)12)11(14)13-4-5-16-10(6-13)7-15-3/h8-10H,4-7,12H2,1-3H3. The molecule has 94 valence electrons. The van der Waals surface area contributed by atoms with Crippen LogP contribution in [-0.2, 0) is 14.3 Å². The highest BCUT2D eigenvalue weighted by molar-refractivity contribution is 5.79. The molecule has 1 rings (SSSR count). The second-order valence-electron chi connectivity index (χ2n) is 4.38. The number of ether oxygens (including phenoxy) is 2. The third-order valence-electron chi connectivity index (χ3n) is 2.98. The molecular formula is C11H22N2O3. The van der Waals surface area contributed by atoms with Crippen molar-refractivity contribution in [1.29, 1.82) is 0 Å². The summed E-state index contributed by atoms with van der Waals surface area (Å²) in [5.74, 6) is -0.0271. The van der Waals surface area contributed by atoms with Gasteiger partial charge in [-0.05, 0) is 6.92 Å². The van der Waals surface area contributed by atoms with Crippen LogP contribution in [0.1, 0.15) is 13.8 Å². The molecule has 5 heteroatoms. The van der Waals surface area contributed by atoms with Crippen LogP contribution in [0.2, 0.25) is 0 Å². The van der Waals surface area contributed by atoms with Crippen molar-refractivity contribution in [3.05, 3.63) is 0 Å². The topological polar surface area (TPSA) is 64.8 Å². The van der Waals surface area contributed by atoms with Gasteiger partial charge in [-0.2, -0.15) is 0 Å². The number of carbonyl (C=O) groups excluding carboxylic acids is 1. The quantitative estimate of drug-likeness (QED) is 0.729. The molecule has 5 nitrogen and oxygen atoms in total. The molecule has 0 bridgehead atoms. The van der Waals surface area contributed by atoms with Crippen molar-refractivity contribution in [2.24, 2.45) is 11.7 Å². The van der Waals surface area contributed by atoms with Crippen molar-refractivity contribution in [2.75, 3.05) is 33.4 Å². The number of nitrogens with zero attached hydrogens (tertiary/aromatic N) is 1. The minimum atomic E-state index is -0.138. The predicted molar refractivity (Wildman–Crippen MR) is 61.0 cm³/mol. The summed E-state index contributed by atoms with van der Waals surface area (Å²) in [4.78, 5) is 13.9. The lowest BCUT2D eigenvalue weighted by molar-refractivity contribution is -0.145. The molecule has 1 amide bonds. The van der Waals surface area contributed by atoms with E-state index >= 15 is 0 Å². The number of morpholine rings is 1. The third-order valence-corrected chi connectivity index (χ3v) is 2.98. The zero-order valence-electron chi connectivity index (χ0n) is 10.3. The largest absolute Gasteiger partial charge is 0.382 e. The highest BCUT2D eigenvalue weighted by Crippen LogP contribution is 2.11. The van der Waals surface area contributed by atoms with Gasteiger partial charge in [0.2, 0.25) is 5.91 Å². The third kappa shape index (κ3) is 3.43. The Hall–Kier alpha value is -0.650. The van der Waals surface area contributed by atoms with E-state index in [0.29, 0.717) is 26.3 Å². The van der Waals surface area contributed by atoms with Crippen LogP contribution < -0.4 is 5.73 Å². The Bertz CT molecular complexity index is 231. The van der Waals surface area contributed by atoms with Crippen LogP contribution in [0, 0.1) is 5.92 Å². The predicted octanol–water partition coefficient (Wildman–Crippen LogP) is -0.156. The van der Waals surface area contributed by atoms with Gasteiger partial charge >= 0.3 is 0 Å². The molecule has 1 aliphatic heterocycles. The fraction of sp³-hybridized carbons (Fsp3) is 0.909. The van der Waals surface area contributed by atoms with Gasteiger partial charge in [0.25, 0.3) is 0 Å². The SMILES string of the molecule is COCC1CN(C(=O)C(C)C(C)N)CCO1. The van der Waals surface area contributed by atoms with Gasteiger partial charge in [-0.1, -0.05) is 6.92 Å². The average molecular weight is 230 g/mol. The minimum absolute atomic E-state index is 0.0111. The summed E-state index contributed by atoms with van der Waals surface area (Å²) in [6.45, 7) is 6.07. The Morgan fingerprint density at radius 1 is 1.62 bits per heavy atom. The maximum atomic E-state index is 12.0. The molecule has 0 spiro atoms. The van der Waals surface area contributed by atoms with Gasteiger partial charge in [-0.15, -0.1) is 0 Å². The molecule has 2 N–H and O–H groups in total. The Morgan fingerprint density at radius 3 is 2.88 bits per heavy atom. The number of hydrogen-bond acceptors (Lipinski definition) is 4. The lowest BCUT2D eigenvalue weighted by Crippen LogP contribution is -2.50. The van der Waals surface area contributed by atoms with Gasteiger partial charge in [0.05, 0.1) is 25.2 Å². The first-order chi connectivity index (χ1) is 7.56. The average Bonchev–Trinajstić information content (AvgIpc) is 2.28. The van der Waals surface area contributed by atoms with Gasteiger partial charge in [0.1, 0.15) is 0 Å². The van der Waals surface area contributed by atoms with Crippen LogP contribution in [0.5, 0.6) is 0 Å². The van der Waals surface area contributed by atoms with E-state index in [1.165, 1.54) is 0 Å². The van der Waals surface area contributed by atoms with Crippen LogP contribution in [0.3, 0.4) is 0 Å². The maximum absolute atomic E-state index is 12.0. The van der Waals surface area contributed by atoms with E-state index in [-0.39, 0.29) is 24.0 Å². The van der Waals surface area contributed by atoms with E-state index < -0.39 is 0 Å². The molecule has 1 heterocycles. The number of nitrogens with two attached hydrogens (primary N) is 1. The van der Waals surface area contributed by atoms with Crippen LogP contribution >= 0.6 is 0 Å². The van der Waals surface area contributed by atoms with Gasteiger partial charge in [-0.3, -0.25) is 4.79 Å². The first kappa shape index (κ1) is 13.4. The fourth-order valence-electron chi connectivity index (χ4n) is 1.72. The molecule has 3 atom stereocenters. The van der Waals surface area contributed by atoms with Crippen molar-refractivity contribution >= 4 is 5.91 Å². The van der Waals surface area contributed by atoms with E-state index in [2.05, 4.69) is 0 Å². The van der Waals surface area contributed by atoms with E-state index in [0.717, 1.165) is 0 Å². The Kier molecular flexibility index (Phi) is 5.18. The zero-order valence-corrected chi connectivity index (χ0v) is 10.3. The Morgan fingerprint density at radius 2 is 2.31 bits per heavy atom. The van der Waals surface area contributed by atoms with Crippen molar-refractivity contribution in [2.45, 2.75) is 26.0 Å². The van der Waals surface area contributed by atoms with Gasteiger partial charge in [-0.25, -0.2) is 0 Å². The number of carbonyl (C=O) groups is 1. The van der Waals surface area contributed by atoms with Gasteiger partial charge < -0.3 is 20.1 Å². The molecule has 0 radical (unpaired) electrons. The summed E-state index contributed by atoms with van der Waals surface area (Å²) in [5, 5.41) is 0. The van der Waals surface area contributed by atoms with Gasteiger partial charge in [0, 0.05) is 26.2 Å². The molecule has 1 fully saturated rings.